The number of aliphatic imine (C=N–C) groups is 1. The van der Waals surface area contributed by atoms with Crippen LogP contribution in [0, 0.1) is 5.92 Å². The highest BCUT2D eigenvalue weighted by atomic mass is 127. The summed E-state index contributed by atoms with van der Waals surface area (Å²) in [5.41, 5.74) is 2.41. The molecule has 7 heteroatoms. The van der Waals surface area contributed by atoms with Gasteiger partial charge in [0, 0.05) is 59.3 Å². The maximum absolute atomic E-state index is 5.81. The molecule has 0 aromatic heterocycles. The van der Waals surface area contributed by atoms with E-state index in [0.29, 0.717) is 12.5 Å². The van der Waals surface area contributed by atoms with Crippen LogP contribution in [-0.4, -0.2) is 59.6 Å². The van der Waals surface area contributed by atoms with Gasteiger partial charge in [0.05, 0.1) is 6.54 Å². The molecule has 0 aliphatic carbocycles. The summed E-state index contributed by atoms with van der Waals surface area (Å²) in [6, 6.07) is 8.51. The molecule has 0 unspecified atom stereocenters. The van der Waals surface area contributed by atoms with Gasteiger partial charge in [0.25, 0.3) is 0 Å². The van der Waals surface area contributed by atoms with Gasteiger partial charge in [-0.25, -0.2) is 4.99 Å². The van der Waals surface area contributed by atoms with Gasteiger partial charge in [0.1, 0.15) is 0 Å². The van der Waals surface area contributed by atoms with Crippen LogP contribution in [0.25, 0.3) is 0 Å². The number of nitrogens with zero attached hydrogens (tertiary/aromatic N) is 2. The summed E-state index contributed by atoms with van der Waals surface area (Å²) >= 11 is 0. The van der Waals surface area contributed by atoms with E-state index in [0.717, 1.165) is 64.7 Å². The van der Waals surface area contributed by atoms with E-state index >= 15 is 0 Å². The molecule has 2 N–H and O–H groups in total. The summed E-state index contributed by atoms with van der Waals surface area (Å²) in [7, 11) is 4.10. The lowest BCUT2D eigenvalue weighted by Gasteiger charge is -2.21. The second-order valence-electron chi connectivity index (χ2n) is 7.17. The first-order valence-electron chi connectivity index (χ1n) is 10.1. The van der Waals surface area contributed by atoms with Crippen molar-refractivity contribution in [2.75, 3.05) is 58.5 Å². The molecule has 1 fully saturated rings. The average Bonchev–Trinajstić information content (AvgIpc) is 2.69. The summed E-state index contributed by atoms with van der Waals surface area (Å²) in [5, 5.41) is 6.69. The lowest BCUT2D eigenvalue weighted by molar-refractivity contribution is 0.0203. The topological polar surface area (TPSA) is 58.1 Å². The third-order valence-corrected chi connectivity index (χ3v) is 4.67. The Labute approximate surface area is 187 Å². The standard InChI is InChI=1S/C21H36N4O2.HI/c1-4-22-21(24-16-18-6-8-20(9-7-18)25(2)3)23-12-5-13-27-17-19-10-14-26-15-11-19;/h6-9,19H,4-5,10-17H2,1-3H3,(H2,22,23,24);1H. The van der Waals surface area contributed by atoms with Crippen molar-refractivity contribution in [3.8, 4) is 0 Å². The minimum Gasteiger partial charge on any atom is -0.381 e. The van der Waals surface area contributed by atoms with Crippen molar-refractivity contribution in [1.82, 2.24) is 10.6 Å². The van der Waals surface area contributed by atoms with Gasteiger partial charge < -0.3 is 25.0 Å². The molecule has 1 aromatic carbocycles. The molecule has 28 heavy (non-hydrogen) atoms. The molecule has 0 bridgehead atoms. The minimum atomic E-state index is 0. The van der Waals surface area contributed by atoms with E-state index in [1.165, 1.54) is 11.3 Å². The molecule has 160 valence electrons. The molecule has 1 saturated heterocycles. The van der Waals surface area contributed by atoms with Crippen molar-refractivity contribution in [2.45, 2.75) is 32.7 Å². The molecule has 0 spiro atoms. The van der Waals surface area contributed by atoms with Crippen molar-refractivity contribution in [3.63, 3.8) is 0 Å². The van der Waals surface area contributed by atoms with Crippen LogP contribution in [0.5, 0.6) is 0 Å². The maximum atomic E-state index is 5.81. The normalized spacial score (nSPS) is 15.0. The maximum Gasteiger partial charge on any atom is 0.191 e. The molecular formula is C21H37IN4O2. The van der Waals surface area contributed by atoms with Gasteiger partial charge in [0.15, 0.2) is 5.96 Å². The number of anilines is 1. The zero-order valence-electron chi connectivity index (χ0n) is 17.6. The number of rotatable bonds is 10. The molecule has 1 aromatic rings. The van der Waals surface area contributed by atoms with Crippen LogP contribution in [0.3, 0.4) is 0 Å². The molecular weight excluding hydrogens is 467 g/mol. The van der Waals surface area contributed by atoms with Crippen molar-refractivity contribution < 1.29 is 9.47 Å². The predicted octanol–water partition coefficient (Wildman–Crippen LogP) is 3.26. The van der Waals surface area contributed by atoms with E-state index < -0.39 is 0 Å². The number of hydrogen-bond donors (Lipinski definition) is 2. The van der Waals surface area contributed by atoms with Gasteiger partial charge in [-0.15, -0.1) is 24.0 Å². The van der Waals surface area contributed by atoms with Gasteiger partial charge in [-0.2, -0.15) is 0 Å². The lowest BCUT2D eigenvalue weighted by atomic mass is 10.0. The number of hydrogen-bond acceptors (Lipinski definition) is 4. The molecule has 0 saturated carbocycles. The summed E-state index contributed by atoms with van der Waals surface area (Å²) in [4.78, 5) is 6.78. The highest BCUT2D eigenvalue weighted by molar-refractivity contribution is 14.0. The number of benzene rings is 1. The summed E-state index contributed by atoms with van der Waals surface area (Å²) < 4.78 is 11.2. The quantitative estimate of drug-likeness (QED) is 0.222. The second-order valence-corrected chi connectivity index (χ2v) is 7.17. The van der Waals surface area contributed by atoms with Crippen LogP contribution < -0.4 is 15.5 Å². The Morgan fingerprint density at radius 3 is 2.54 bits per heavy atom. The van der Waals surface area contributed by atoms with Crippen molar-refractivity contribution in [2.24, 2.45) is 10.9 Å². The van der Waals surface area contributed by atoms with Crippen LogP contribution in [0.15, 0.2) is 29.3 Å². The second kappa shape index (κ2) is 14.9. The van der Waals surface area contributed by atoms with Gasteiger partial charge in [-0.3, -0.25) is 0 Å². The third-order valence-electron chi connectivity index (χ3n) is 4.67. The van der Waals surface area contributed by atoms with Gasteiger partial charge in [-0.05, 0) is 49.8 Å². The highest BCUT2D eigenvalue weighted by Crippen LogP contribution is 2.14. The average molecular weight is 504 g/mol. The van der Waals surface area contributed by atoms with Crippen molar-refractivity contribution in [3.05, 3.63) is 29.8 Å². The van der Waals surface area contributed by atoms with Crippen molar-refractivity contribution >= 4 is 35.6 Å². The zero-order valence-corrected chi connectivity index (χ0v) is 19.9. The Kier molecular flexibility index (Phi) is 13.3. The first-order valence-corrected chi connectivity index (χ1v) is 10.1. The van der Waals surface area contributed by atoms with Crippen LogP contribution in [0.1, 0.15) is 31.7 Å². The third kappa shape index (κ3) is 9.93. The Balaban J connectivity index is 0.00000392. The monoisotopic (exact) mass is 504 g/mol. The molecule has 1 heterocycles. The summed E-state index contributed by atoms with van der Waals surface area (Å²) in [5.74, 6) is 1.53. The fraction of sp³-hybridized carbons (Fsp3) is 0.667. The Morgan fingerprint density at radius 2 is 1.89 bits per heavy atom. The fourth-order valence-electron chi connectivity index (χ4n) is 2.96. The van der Waals surface area contributed by atoms with Gasteiger partial charge in [-0.1, -0.05) is 12.1 Å². The van der Waals surface area contributed by atoms with Crippen LogP contribution in [0.2, 0.25) is 0 Å². The molecule has 1 aliphatic heterocycles. The fourth-order valence-corrected chi connectivity index (χ4v) is 2.96. The highest BCUT2D eigenvalue weighted by Gasteiger charge is 2.13. The Bertz CT molecular complexity index is 546. The largest absolute Gasteiger partial charge is 0.381 e. The molecule has 0 radical (unpaired) electrons. The Hall–Kier alpha value is -1.06. The van der Waals surface area contributed by atoms with E-state index in [1.807, 2.05) is 14.1 Å². The molecule has 2 rings (SSSR count). The smallest absolute Gasteiger partial charge is 0.191 e. The van der Waals surface area contributed by atoms with Crippen LogP contribution in [-0.2, 0) is 16.0 Å². The number of ether oxygens (including phenoxy) is 2. The van der Waals surface area contributed by atoms with Gasteiger partial charge >= 0.3 is 0 Å². The SMILES string of the molecule is CCNC(=NCc1ccc(N(C)C)cc1)NCCCOCC1CCOCC1.I. The molecule has 6 nitrogen and oxygen atoms in total. The number of nitrogens with one attached hydrogen (secondary N) is 2. The van der Waals surface area contributed by atoms with E-state index in [1.54, 1.807) is 0 Å². The first-order chi connectivity index (χ1) is 13.2. The lowest BCUT2D eigenvalue weighted by Crippen LogP contribution is -2.38. The van der Waals surface area contributed by atoms with E-state index in [4.69, 9.17) is 9.47 Å². The van der Waals surface area contributed by atoms with E-state index in [9.17, 15) is 0 Å². The predicted molar refractivity (Wildman–Crippen MR) is 128 cm³/mol. The first kappa shape index (κ1) is 25.0. The molecule has 1 aliphatic rings. The molecule has 0 atom stereocenters. The van der Waals surface area contributed by atoms with Gasteiger partial charge in [0.2, 0.25) is 0 Å². The van der Waals surface area contributed by atoms with Crippen LogP contribution in [0.4, 0.5) is 5.69 Å². The Morgan fingerprint density at radius 1 is 1.18 bits per heavy atom. The summed E-state index contributed by atoms with van der Waals surface area (Å²) in [6.45, 7) is 7.89. The molecule has 0 amide bonds. The zero-order chi connectivity index (χ0) is 19.3. The van der Waals surface area contributed by atoms with Crippen LogP contribution >= 0.6 is 24.0 Å². The number of guanidine groups is 1. The minimum absolute atomic E-state index is 0. The summed E-state index contributed by atoms with van der Waals surface area (Å²) in [6.07, 6.45) is 3.24. The van der Waals surface area contributed by atoms with E-state index in [-0.39, 0.29) is 24.0 Å². The van der Waals surface area contributed by atoms with E-state index in [2.05, 4.69) is 51.7 Å². The number of halogens is 1. The van der Waals surface area contributed by atoms with Crippen molar-refractivity contribution in [1.29, 1.82) is 0 Å².